The van der Waals surface area contributed by atoms with Crippen LogP contribution in [-0.4, -0.2) is 29.6 Å². The molecule has 198 valence electrons. The lowest BCUT2D eigenvalue weighted by molar-refractivity contribution is -0.131. The fourth-order valence-electron chi connectivity index (χ4n) is 3.72. The van der Waals surface area contributed by atoms with Gasteiger partial charge in [0.05, 0.1) is 12.2 Å². The number of benzene rings is 2. The molecule has 6 heteroatoms. The summed E-state index contributed by atoms with van der Waals surface area (Å²) in [5.74, 6) is -1.76. The Bertz CT molecular complexity index is 1040. The van der Waals surface area contributed by atoms with Crippen LogP contribution in [0.2, 0.25) is 0 Å². The molecule has 0 aliphatic heterocycles. The molecule has 0 amide bonds. The van der Waals surface area contributed by atoms with E-state index in [0.717, 1.165) is 36.5 Å². The number of carbonyl (C=O) groups is 3. The summed E-state index contributed by atoms with van der Waals surface area (Å²) in [4.78, 5) is 35.1. The molecular weight excluding hydrogens is 468 g/mol. The first-order valence-electron chi connectivity index (χ1n) is 13.2. The predicted octanol–water partition coefficient (Wildman–Crippen LogP) is 7.48. The Morgan fingerprint density at radius 2 is 1.32 bits per heavy atom. The number of hydrogen-bond acceptors (Lipinski definition) is 5. The van der Waals surface area contributed by atoms with E-state index in [0.29, 0.717) is 12.2 Å². The van der Waals surface area contributed by atoms with Gasteiger partial charge in [-0.15, -0.1) is 0 Å². The summed E-state index contributed by atoms with van der Waals surface area (Å²) in [7, 11) is 0. The summed E-state index contributed by atoms with van der Waals surface area (Å²) in [5, 5.41) is 8.67. The van der Waals surface area contributed by atoms with E-state index in [1.54, 1.807) is 48.5 Å². The summed E-state index contributed by atoms with van der Waals surface area (Å²) in [6.45, 7) is 2.61. The van der Waals surface area contributed by atoms with E-state index in [1.165, 1.54) is 63.2 Å². The molecule has 2 rings (SSSR count). The van der Waals surface area contributed by atoms with Crippen LogP contribution in [-0.2, 0) is 14.3 Å². The lowest BCUT2D eigenvalue weighted by atomic mass is 10.1. The van der Waals surface area contributed by atoms with Crippen molar-refractivity contribution in [1.82, 2.24) is 0 Å². The largest absolute Gasteiger partial charge is 0.478 e. The molecule has 6 nitrogen and oxygen atoms in total. The van der Waals surface area contributed by atoms with Crippen molar-refractivity contribution in [2.24, 2.45) is 0 Å². The zero-order chi connectivity index (χ0) is 26.7. The summed E-state index contributed by atoms with van der Waals surface area (Å²) < 4.78 is 10.7. The van der Waals surface area contributed by atoms with Crippen LogP contribution >= 0.6 is 0 Å². The van der Waals surface area contributed by atoms with Crippen LogP contribution in [0.5, 0.6) is 5.75 Å². The van der Waals surface area contributed by atoms with Crippen molar-refractivity contribution in [2.75, 3.05) is 6.61 Å². The normalized spacial score (nSPS) is 11.2. The number of carboxylic acid groups (broad SMARTS) is 1. The molecule has 0 heterocycles. The van der Waals surface area contributed by atoms with Crippen LogP contribution in [0.3, 0.4) is 0 Å². The van der Waals surface area contributed by atoms with Gasteiger partial charge < -0.3 is 14.6 Å². The van der Waals surface area contributed by atoms with Crippen molar-refractivity contribution in [3.05, 3.63) is 77.4 Å². The molecule has 0 spiro atoms. The molecule has 0 radical (unpaired) electrons. The Kier molecular flexibility index (Phi) is 14.1. The standard InChI is InChI=1S/C31H38O6/c1-2-3-4-5-6-7-8-9-10-11-23-36-31(35)27-13-12-14-28(24-27)37-30(34)22-20-26-17-15-25(16-18-26)19-21-29(32)33/h12-22,24H,2-11,23H2,1H3,(H,32,33)/b21-19+,22-20+. The van der Waals surface area contributed by atoms with Crippen molar-refractivity contribution in [1.29, 1.82) is 0 Å². The van der Waals surface area contributed by atoms with Gasteiger partial charge in [0.25, 0.3) is 0 Å². The quantitative estimate of drug-likeness (QED) is 0.103. The van der Waals surface area contributed by atoms with Crippen molar-refractivity contribution in [3.63, 3.8) is 0 Å². The molecule has 0 atom stereocenters. The highest BCUT2D eigenvalue weighted by molar-refractivity contribution is 5.91. The van der Waals surface area contributed by atoms with Gasteiger partial charge in [-0.05, 0) is 47.9 Å². The topological polar surface area (TPSA) is 89.9 Å². The second kappa shape index (κ2) is 17.7. The van der Waals surface area contributed by atoms with Crippen LogP contribution in [0.25, 0.3) is 12.2 Å². The SMILES string of the molecule is CCCCCCCCCCCCOC(=O)c1cccc(OC(=O)/C=C/c2ccc(/C=C/C(=O)O)cc2)c1. The molecule has 0 fully saturated rings. The molecule has 0 saturated carbocycles. The van der Waals surface area contributed by atoms with E-state index in [4.69, 9.17) is 14.6 Å². The molecule has 0 aliphatic rings. The maximum atomic E-state index is 12.4. The number of aliphatic carboxylic acids is 1. The van der Waals surface area contributed by atoms with Crippen molar-refractivity contribution < 1.29 is 29.0 Å². The summed E-state index contributed by atoms with van der Waals surface area (Å²) in [5.41, 5.74) is 1.83. The Labute approximate surface area is 220 Å². The van der Waals surface area contributed by atoms with Gasteiger partial charge in [0.1, 0.15) is 5.75 Å². The third-order valence-electron chi connectivity index (χ3n) is 5.79. The third-order valence-corrected chi connectivity index (χ3v) is 5.79. The Balaban J connectivity index is 1.69. The van der Waals surface area contributed by atoms with Crippen LogP contribution in [0.4, 0.5) is 0 Å². The summed E-state index contributed by atoms with van der Waals surface area (Å²) in [6.07, 6.45) is 17.6. The van der Waals surface area contributed by atoms with Crippen LogP contribution < -0.4 is 4.74 Å². The van der Waals surface area contributed by atoms with Gasteiger partial charge in [-0.25, -0.2) is 14.4 Å². The Hall–Kier alpha value is -3.67. The number of hydrogen-bond donors (Lipinski definition) is 1. The maximum Gasteiger partial charge on any atom is 0.338 e. The van der Waals surface area contributed by atoms with Crippen molar-refractivity contribution >= 4 is 30.1 Å². The molecular formula is C31H38O6. The highest BCUT2D eigenvalue weighted by atomic mass is 16.5. The van der Waals surface area contributed by atoms with E-state index in [9.17, 15) is 14.4 Å². The molecule has 1 N–H and O–H groups in total. The molecule has 37 heavy (non-hydrogen) atoms. The van der Waals surface area contributed by atoms with Gasteiger partial charge in [0, 0.05) is 12.2 Å². The smallest absolute Gasteiger partial charge is 0.338 e. The molecule has 0 aliphatic carbocycles. The first kappa shape index (κ1) is 29.6. The van der Waals surface area contributed by atoms with Crippen molar-refractivity contribution in [2.45, 2.75) is 71.1 Å². The second-order valence-electron chi connectivity index (χ2n) is 8.94. The predicted molar refractivity (Wildman–Crippen MR) is 146 cm³/mol. The van der Waals surface area contributed by atoms with E-state index in [2.05, 4.69) is 6.92 Å². The van der Waals surface area contributed by atoms with E-state index < -0.39 is 17.9 Å². The lowest BCUT2D eigenvalue weighted by Crippen LogP contribution is -2.08. The third kappa shape index (κ3) is 13.3. The number of rotatable bonds is 17. The average Bonchev–Trinajstić information content (AvgIpc) is 2.90. The summed E-state index contributed by atoms with van der Waals surface area (Å²) >= 11 is 0. The van der Waals surface area contributed by atoms with Gasteiger partial charge in [0.2, 0.25) is 0 Å². The van der Waals surface area contributed by atoms with E-state index in [-0.39, 0.29) is 5.75 Å². The Morgan fingerprint density at radius 1 is 0.757 bits per heavy atom. The minimum absolute atomic E-state index is 0.261. The maximum absolute atomic E-state index is 12.4. The molecule has 2 aromatic carbocycles. The van der Waals surface area contributed by atoms with Crippen LogP contribution in [0.1, 0.15) is 92.6 Å². The summed E-state index contributed by atoms with van der Waals surface area (Å²) in [6, 6.07) is 13.4. The van der Waals surface area contributed by atoms with E-state index >= 15 is 0 Å². The number of unbranched alkanes of at least 4 members (excludes halogenated alkanes) is 9. The van der Waals surface area contributed by atoms with Gasteiger partial charge in [0.15, 0.2) is 0 Å². The number of carbonyl (C=O) groups excluding carboxylic acids is 2. The minimum atomic E-state index is -1.02. The number of ether oxygens (including phenoxy) is 2. The molecule has 2 aromatic rings. The highest BCUT2D eigenvalue weighted by Gasteiger charge is 2.09. The van der Waals surface area contributed by atoms with Gasteiger partial charge in [-0.3, -0.25) is 0 Å². The van der Waals surface area contributed by atoms with Crippen molar-refractivity contribution in [3.8, 4) is 5.75 Å². The van der Waals surface area contributed by atoms with Gasteiger partial charge in [-0.2, -0.15) is 0 Å². The minimum Gasteiger partial charge on any atom is -0.478 e. The first-order chi connectivity index (χ1) is 18.0. The zero-order valence-corrected chi connectivity index (χ0v) is 21.7. The lowest BCUT2D eigenvalue weighted by Gasteiger charge is -2.07. The molecule has 0 bridgehead atoms. The van der Waals surface area contributed by atoms with Gasteiger partial charge >= 0.3 is 17.9 Å². The van der Waals surface area contributed by atoms with Gasteiger partial charge in [-0.1, -0.05) is 95.0 Å². The first-order valence-corrected chi connectivity index (χ1v) is 13.2. The fourth-order valence-corrected chi connectivity index (χ4v) is 3.72. The Morgan fingerprint density at radius 3 is 1.92 bits per heavy atom. The highest BCUT2D eigenvalue weighted by Crippen LogP contribution is 2.16. The number of carboxylic acids is 1. The van der Waals surface area contributed by atoms with Crippen LogP contribution in [0, 0.1) is 0 Å². The zero-order valence-electron chi connectivity index (χ0n) is 21.7. The number of esters is 2. The molecule has 0 unspecified atom stereocenters. The van der Waals surface area contributed by atoms with E-state index in [1.807, 2.05) is 0 Å². The van der Waals surface area contributed by atoms with Crippen LogP contribution in [0.15, 0.2) is 60.7 Å². The fraction of sp³-hybridized carbons (Fsp3) is 0.387. The monoisotopic (exact) mass is 506 g/mol. The molecule has 0 aromatic heterocycles. The molecule has 0 saturated heterocycles. The second-order valence-corrected chi connectivity index (χ2v) is 8.94. The average molecular weight is 507 g/mol.